The molecule has 0 radical (unpaired) electrons. The van der Waals surface area contributed by atoms with Crippen LogP contribution in [0.3, 0.4) is 0 Å². The van der Waals surface area contributed by atoms with E-state index in [2.05, 4.69) is 0 Å². The molecule has 1 aromatic heterocycles. The van der Waals surface area contributed by atoms with E-state index in [9.17, 15) is 28.1 Å². The molecule has 1 aromatic carbocycles. The van der Waals surface area contributed by atoms with Crippen molar-refractivity contribution in [1.29, 1.82) is 0 Å². The number of halogens is 1. The van der Waals surface area contributed by atoms with Crippen LogP contribution in [0.15, 0.2) is 27.5 Å². The van der Waals surface area contributed by atoms with Crippen LogP contribution in [0.1, 0.15) is 40.3 Å². The Morgan fingerprint density at radius 2 is 1.96 bits per heavy atom. The highest BCUT2D eigenvalue weighted by Gasteiger charge is 2.31. The predicted molar refractivity (Wildman–Crippen MR) is 98.3 cm³/mol. The van der Waals surface area contributed by atoms with E-state index >= 15 is 0 Å². The van der Waals surface area contributed by atoms with Crippen LogP contribution >= 0.6 is 11.6 Å². The standard InChI is InChI=1S/C16H15ClN2O8S/c1-4-26-16(21)14-13(8(2)20)9(3)27-15(14)18-28(24,25)10-5-6-11(17)12(7-10)19(22)23/h5-7,18H,4H2,1-3H3. The second-order valence-electron chi connectivity index (χ2n) is 5.49. The number of nitro groups is 1. The minimum atomic E-state index is -4.41. The lowest BCUT2D eigenvalue weighted by molar-refractivity contribution is -0.384. The van der Waals surface area contributed by atoms with E-state index in [1.165, 1.54) is 20.8 Å². The van der Waals surface area contributed by atoms with Gasteiger partial charge in [-0.25, -0.2) is 17.9 Å². The first-order valence-corrected chi connectivity index (χ1v) is 9.63. The second kappa shape index (κ2) is 7.98. The number of rotatable bonds is 7. The number of ketones is 1. The maximum atomic E-state index is 12.6. The molecular weight excluding hydrogens is 416 g/mol. The van der Waals surface area contributed by atoms with Gasteiger partial charge in [0.25, 0.3) is 15.7 Å². The molecule has 28 heavy (non-hydrogen) atoms. The molecule has 0 aliphatic carbocycles. The summed E-state index contributed by atoms with van der Waals surface area (Å²) in [6.45, 7) is 4.08. The molecule has 0 fully saturated rings. The number of nitrogens with one attached hydrogen (secondary N) is 1. The molecule has 1 N–H and O–H groups in total. The number of esters is 1. The van der Waals surface area contributed by atoms with Crippen LogP contribution in [0.5, 0.6) is 0 Å². The van der Waals surface area contributed by atoms with Gasteiger partial charge >= 0.3 is 5.97 Å². The normalized spacial score (nSPS) is 11.1. The Labute approximate surface area is 164 Å². The molecule has 150 valence electrons. The number of nitrogens with zero attached hydrogens (tertiary/aromatic N) is 1. The first-order chi connectivity index (χ1) is 13.0. The van der Waals surface area contributed by atoms with Crippen molar-refractivity contribution in [1.82, 2.24) is 0 Å². The minimum Gasteiger partial charge on any atom is -0.462 e. The summed E-state index contributed by atoms with van der Waals surface area (Å²) in [6.07, 6.45) is 0. The van der Waals surface area contributed by atoms with Gasteiger partial charge in [-0.05, 0) is 32.9 Å². The van der Waals surface area contributed by atoms with E-state index in [4.69, 9.17) is 20.8 Å². The number of hydrogen-bond donors (Lipinski definition) is 1. The van der Waals surface area contributed by atoms with Crippen LogP contribution in [-0.2, 0) is 14.8 Å². The van der Waals surface area contributed by atoms with Crippen LogP contribution in [0, 0.1) is 17.0 Å². The summed E-state index contributed by atoms with van der Waals surface area (Å²) >= 11 is 5.69. The van der Waals surface area contributed by atoms with Gasteiger partial charge in [0.1, 0.15) is 16.3 Å². The van der Waals surface area contributed by atoms with Gasteiger partial charge in [-0.3, -0.25) is 14.9 Å². The summed E-state index contributed by atoms with van der Waals surface area (Å²) in [5.74, 6) is -2.00. The number of carbonyl (C=O) groups excluding carboxylic acids is 2. The molecule has 0 bridgehead atoms. The Bertz CT molecular complexity index is 1070. The Kier molecular flexibility index (Phi) is 6.10. The zero-order chi connectivity index (χ0) is 21.2. The van der Waals surface area contributed by atoms with Gasteiger partial charge < -0.3 is 9.15 Å². The summed E-state index contributed by atoms with van der Waals surface area (Å²) in [6, 6.07) is 2.86. The highest BCUT2D eigenvalue weighted by Crippen LogP contribution is 2.32. The third kappa shape index (κ3) is 4.15. The van der Waals surface area contributed by atoms with Gasteiger partial charge in [0.05, 0.1) is 22.0 Å². The van der Waals surface area contributed by atoms with Crippen molar-refractivity contribution in [3.05, 3.63) is 50.2 Å². The smallest absolute Gasteiger partial charge is 0.344 e. The zero-order valence-corrected chi connectivity index (χ0v) is 16.5. The van der Waals surface area contributed by atoms with E-state index in [0.717, 1.165) is 18.2 Å². The van der Waals surface area contributed by atoms with Crippen LogP contribution in [-0.4, -0.2) is 31.7 Å². The van der Waals surface area contributed by atoms with E-state index in [-0.39, 0.29) is 28.5 Å². The van der Waals surface area contributed by atoms with Gasteiger partial charge in [0.15, 0.2) is 5.78 Å². The molecule has 0 aliphatic heterocycles. The fraction of sp³-hybridized carbons (Fsp3) is 0.250. The van der Waals surface area contributed by atoms with Gasteiger partial charge in [-0.2, -0.15) is 0 Å². The van der Waals surface area contributed by atoms with Crippen molar-refractivity contribution < 1.29 is 32.1 Å². The lowest BCUT2D eigenvalue weighted by Crippen LogP contribution is -2.17. The van der Waals surface area contributed by atoms with E-state index in [0.29, 0.717) is 0 Å². The Balaban J connectivity index is 2.57. The Hall–Kier alpha value is -2.92. The topological polar surface area (TPSA) is 146 Å². The molecule has 0 atom stereocenters. The van der Waals surface area contributed by atoms with Crippen LogP contribution in [0.4, 0.5) is 11.6 Å². The number of benzene rings is 1. The summed E-state index contributed by atoms with van der Waals surface area (Å²) < 4.78 is 37.4. The van der Waals surface area contributed by atoms with Crippen molar-refractivity contribution in [2.24, 2.45) is 0 Å². The summed E-state index contributed by atoms with van der Waals surface area (Å²) in [5, 5.41) is 10.7. The number of sulfonamides is 1. The second-order valence-corrected chi connectivity index (χ2v) is 7.58. The van der Waals surface area contributed by atoms with Crippen molar-refractivity contribution in [3.63, 3.8) is 0 Å². The van der Waals surface area contributed by atoms with Crippen molar-refractivity contribution >= 4 is 44.9 Å². The molecule has 0 unspecified atom stereocenters. The highest BCUT2D eigenvalue weighted by atomic mass is 35.5. The number of furan rings is 1. The molecule has 10 nitrogen and oxygen atoms in total. The average molecular weight is 431 g/mol. The monoisotopic (exact) mass is 430 g/mol. The lowest BCUT2D eigenvalue weighted by Gasteiger charge is -2.08. The summed E-state index contributed by atoms with van der Waals surface area (Å²) in [4.78, 5) is 33.8. The van der Waals surface area contributed by atoms with Crippen molar-refractivity contribution in [3.8, 4) is 0 Å². The number of ether oxygens (including phenoxy) is 1. The molecule has 0 amide bonds. The molecule has 2 aromatic rings. The molecule has 0 aliphatic rings. The highest BCUT2D eigenvalue weighted by molar-refractivity contribution is 7.92. The van der Waals surface area contributed by atoms with Crippen molar-refractivity contribution in [2.45, 2.75) is 25.7 Å². The fourth-order valence-electron chi connectivity index (χ4n) is 2.42. The van der Waals surface area contributed by atoms with Crippen LogP contribution in [0.25, 0.3) is 0 Å². The molecule has 0 saturated carbocycles. The fourth-order valence-corrected chi connectivity index (χ4v) is 3.63. The third-order valence-electron chi connectivity index (χ3n) is 3.57. The lowest BCUT2D eigenvalue weighted by atomic mass is 10.1. The number of nitro benzene ring substituents is 1. The van der Waals surface area contributed by atoms with Crippen molar-refractivity contribution in [2.75, 3.05) is 11.3 Å². The number of carbonyl (C=O) groups is 2. The largest absolute Gasteiger partial charge is 0.462 e. The van der Waals surface area contributed by atoms with Gasteiger partial charge in [-0.1, -0.05) is 11.6 Å². The third-order valence-corrected chi connectivity index (χ3v) is 5.22. The SMILES string of the molecule is CCOC(=O)c1c(NS(=O)(=O)c2ccc(Cl)c([N+](=O)[O-])c2)oc(C)c1C(C)=O. The predicted octanol–water partition coefficient (Wildman–Crippen LogP) is 3.33. The van der Waals surface area contributed by atoms with E-state index in [1.807, 2.05) is 4.72 Å². The Morgan fingerprint density at radius 1 is 1.32 bits per heavy atom. The molecule has 2 rings (SSSR count). The first kappa shape index (κ1) is 21.4. The molecule has 0 saturated heterocycles. The van der Waals surface area contributed by atoms with Crippen LogP contribution in [0.2, 0.25) is 5.02 Å². The zero-order valence-electron chi connectivity index (χ0n) is 14.9. The number of Topliss-reactive ketones (excluding diaryl/α,β-unsaturated/α-hetero) is 1. The van der Waals surface area contributed by atoms with Crippen LogP contribution < -0.4 is 4.72 Å². The summed E-state index contributed by atoms with van der Waals surface area (Å²) in [7, 11) is -4.41. The average Bonchev–Trinajstić information content (AvgIpc) is 2.90. The quantitative estimate of drug-likeness (QED) is 0.304. The van der Waals surface area contributed by atoms with E-state index < -0.39 is 43.2 Å². The molecule has 1 heterocycles. The molecule has 0 spiro atoms. The maximum absolute atomic E-state index is 12.6. The summed E-state index contributed by atoms with van der Waals surface area (Å²) in [5.41, 5.74) is -1.12. The first-order valence-electron chi connectivity index (χ1n) is 7.77. The van der Waals surface area contributed by atoms with Gasteiger partial charge in [0, 0.05) is 6.07 Å². The number of anilines is 1. The molecular formula is C16H15ClN2O8S. The maximum Gasteiger partial charge on any atom is 0.344 e. The number of aryl methyl sites for hydroxylation is 1. The minimum absolute atomic E-state index is 0.00957. The Morgan fingerprint density at radius 3 is 2.50 bits per heavy atom. The van der Waals surface area contributed by atoms with Gasteiger partial charge in [0.2, 0.25) is 5.88 Å². The van der Waals surface area contributed by atoms with Gasteiger partial charge in [-0.15, -0.1) is 0 Å². The molecule has 12 heteroatoms. The number of hydrogen-bond acceptors (Lipinski definition) is 8. The van der Waals surface area contributed by atoms with E-state index in [1.54, 1.807) is 0 Å².